The first-order valence-corrected chi connectivity index (χ1v) is 6.37. The van der Waals surface area contributed by atoms with Gasteiger partial charge in [0.25, 0.3) is 0 Å². The Hall–Kier alpha value is 0.320. The van der Waals surface area contributed by atoms with Crippen LogP contribution in [0.25, 0.3) is 0 Å². The summed E-state index contributed by atoms with van der Waals surface area (Å²) < 4.78 is 15.5. The van der Waals surface area contributed by atoms with Crippen LogP contribution in [0, 0.1) is 0 Å². The summed E-state index contributed by atoms with van der Waals surface area (Å²) in [5.74, 6) is 0. The second-order valence-electron chi connectivity index (χ2n) is 3.23. The lowest BCUT2D eigenvalue weighted by Gasteiger charge is -2.10. The van der Waals surface area contributed by atoms with Crippen LogP contribution in [0.2, 0.25) is 0 Å². The summed E-state index contributed by atoms with van der Waals surface area (Å²) in [5, 5.41) is 4.28. The Bertz CT molecular complexity index is 127. The molecule has 0 fully saturated rings. The van der Waals surface area contributed by atoms with E-state index in [4.69, 9.17) is 14.2 Å². The highest BCUT2D eigenvalue weighted by molar-refractivity contribution is 9.09. The number of alkyl halides is 1. The molecule has 0 spiro atoms. The Morgan fingerprint density at radius 2 is 1.67 bits per heavy atom. The molecule has 0 amide bonds. The molecule has 0 saturated carbocycles. The Labute approximate surface area is 101 Å². The summed E-state index contributed by atoms with van der Waals surface area (Å²) in [6.07, 6.45) is 0. The van der Waals surface area contributed by atoms with Crippen LogP contribution in [0.4, 0.5) is 0 Å². The molecular weight excluding hydrogens is 262 g/mol. The van der Waals surface area contributed by atoms with E-state index in [1.807, 2.05) is 0 Å². The summed E-state index contributed by atoms with van der Waals surface area (Å²) in [7, 11) is 1.66. The van der Waals surface area contributed by atoms with Crippen molar-refractivity contribution in [3.63, 3.8) is 0 Å². The van der Waals surface area contributed by atoms with Crippen LogP contribution in [-0.4, -0.2) is 58.1 Å². The molecule has 0 aliphatic carbocycles. The Morgan fingerprint density at radius 1 is 1.07 bits per heavy atom. The van der Waals surface area contributed by atoms with E-state index in [1.165, 1.54) is 0 Å². The van der Waals surface area contributed by atoms with E-state index in [2.05, 4.69) is 28.2 Å². The minimum absolute atomic E-state index is 0.492. The molecule has 0 aliphatic heterocycles. The van der Waals surface area contributed by atoms with Gasteiger partial charge < -0.3 is 19.5 Å². The summed E-state index contributed by atoms with van der Waals surface area (Å²) in [6, 6.07) is 0.492. The average Bonchev–Trinajstić information content (AvgIpc) is 2.26. The predicted molar refractivity (Wildman–Crippen MR) is 64.8 cm³/mol. The molecule has 1 N–H and O–H groups in total. The Morgan fingerprint density at radius 3 is 2.27 bits per heavy atom. The quantitative estimate of drug-likeness (QED) is 0.454. The van der Waals surface area contributed by atoms with Gasteiger partial charge in [0.05, 0.1) is 33.0 Å². The predicted octanol–water partition coefficient (Wildman–Crippen LogP) is 1.04. The van der Waals surface area contributed by atoms with Gasteiger partial charge in [-0.3, -0.25) is 0 Å². The van der Waals surface area contributed by atoms with Crippen LogP contribution in [0.1, 0.15) is 6.92 Å². The maximum atomic E-state index is 5.37. The zero-order chi connectivity index (χ0) is 11.4. The molecule has 0 heterocycles. The van der Waals surface area contributed by atoms with Crippen molar-refractivity contribution >= 4 is 15.9 Å². The van der Waals surface area contributed by atoms with Crippen LogP contribution in [0.3, 0.4) is 0 Å². The molecule has 0 aliphatic rings. The summed E-state index contributed by atoms with van der Waals surface area (Å²) in [5.41, 5.74) is 0. The maximum Gasteiger partial charge on any atom is 0.0701 e. The van der Waals surface area contributed by atoms with Crippen molar-refractivity contribution in [3.8, 4) is 0 Å². The molecule has 0 saturated heterocycles. The third-order valence-electron chi connectivity index (χ3n) is 1.77. The number of halogens is 1. The molecule has 0 aromatic heterocycles. The van der Waals surface area contributed by atoms with E-state index in [0.717, 1.165) is 18.5 Å². The molecule has 0 rings (SSSR count). The number of hydrogen-bond acceptors (Lipinski definition) is 4. The van der Waals surface area contributed by atoms with Gasteiger partial charge in [-0.2, -0.15) is 0 Å². The van der Waals surface area contributed by atoms with E-state index in [0.29, 0.717) is 32.5 Å². The molecule has 5 heteroatoms. The van der Waals surface area contributed by atoms with Gasteiger partial charge in [0, 0.05) is 25.0 Å². The number of nitrogens with one attached hydrogen (secondary N) is 1. The molecular formula is C10H22BrNO3. The van der Waals surface area contributed by atoms with E-state index in [1.54, 1.807) is 7.11 Å². The fourth-order valence-corrected chi connectivity index (χ4v) is 1.13. The van der Waals surface area contributed by atoms with E-state index in [9.17, 15) is 0 Å². The lowest BCUT2D eigenvalue weighted by atomic mass is 10.4. The minimum Gasteiger partial charge on any atom is -0.382 e. The first-order valence-electron chi connectivity index (χ1n) is 5.25. The second kappa shape index (κ2) is 12.4. The zero-order valence-electron chi connectivity index (χ0n) is 9.63. The van der Waals surface area contributed by atoms with Crippen molar-refractivity contribution in [1.29, 1.82) is 0 Å². The number of hydrogen-bond donors (Lipinski definition) is 1. The van der Waals surface area contributed by atoms with Crippen molar-refractivity contribution in [1.82, 2.24) is 5.32 Å². The topological polar surface area (TPSA) is 39.7 Å². The van der Waals surface area contributed by atoms with Crippen molar-refractivity contribution in [2.45, 2.75) is 13.0 Å². The van der Waals surface area contributed by atoms with Crippen LogP contribution >= 0.6 is 15.9 Å². The van der Waals surface area contributed by atoms with Gasteiger partial charge in [0.2, 0.25) is 0 Å². The van der Waals surface area contributed by atoms with Gasteiger partial charge >= 0.3 is 0 Å². The highest BCUT2D eigenvalue weighted by Gasteiger charge is 1.96. The smallest absolute Gasteiger partial charge is 0.0701 e. The fourth-order valence-electron chi connectivity index (χ4n) is 0.896. The summed E-state index contributed by atoms with van der Waals surface area (Å²) in [4.78, 5) is 0. The summed E-state index contributed by atoms with van der Waals surface area (Å²) >= 11 is 3.40. The van der Waals surface area contributed by atoms with Crippen molar-refractivity contribution in [2.24, 2.45) is 0 Å². The van der Waals surface area contributed by atoms with Gasteiger partial charge in [0.15, 0.2) is 0 Å². The molecule has 15 heavy (non-hydrogen) atoms. The van der Waals surface area contributed by atoms with Gasteiger partial charge in [-0.05, 0) is 6.92 Å². The zero-order valence-corrected chi connectivity index (χ0v) is 11.2. The standard InChI is InChI=1S/C10H22BrNO3/c1-10(9-11)12-3-4-14-7-8-15-6-5-13-2/h10,12H,3-9H2,1-2H3. The molecule has 0 aromatic rings. The largest absolute Gasteiger partial charge is 0.382 e. The number of methoxy groups -OCH3 is 1. The monoisotopic (exact) mass is 283 g/mol. The molecule has 0 aromatic carbocycles. The third kappa shape index (κ3) is 12.3. The van der Waals surface area contributed by atoms with Crippen LogP contribution in [-0.2, 0) is 14.2 Å². The normalized spacial score (nSPS) is 13.0. The maximum absolute atomic E-state index is 5.37. The first-order chi connectivity index (χ1) is 7.31. The van der Waals surface area contributed by atoms with E-state index >= 15 is 0 Å². The van der Waals surface area contributed by atoms with Gasteiger partial charge in [-0.1, -0.05) is 15.9 Å². The molecule has 0 bridgehead atoms. The van der Waals surface area contributed by atoms with Crippen LogP contribution in [0.5, 0.6) is 0 Å². The molecule has 0 radical (unpaired) electrons. The van der Waals surface area contributed by atoms with Crippen LogP contribution < -0.4 is 5.32 Å². The highest BCUT2D eigenvalue weighted by Crippen LogP contribution is 1.87. The molecule has 1 unspecified atom stereocenters. The number of ether oxygens (including phenoxy) is 3. The highest BCUT2D eigenvalue weighted by atomic mass is 79.9. The lowest BCUT2D eigenvalue weighted by molar-refractivity contribution is 0.0254. The van der Waals surface area contributed by atoms with Crippen LogP contribution in [0.15, 0.2) is 0 Å². The van der Waals surface area contributed by atoms with Gasteiger partial charge in [-0.25, -0.2) is 0 Å². The van der Waals surface area contributed by atoms with E-state index < -0.39 is 0 Å². The molecule has 92 valence electrons. The summed E-state index contributed by atoms with van der Waals surface area (Å²) in [6.45, 7) is 6.30. The fraction of sp³-hybridized carbons (Fsp3) is 1.00. The van der Waals surface area contributed by atoms with Gasteiger partial charge in [0.1, 0.15) is 0 Å². The SMILES string of the molecule is COCCOCCOCCNC(C)CBr. The lowest BCUT2D eigenvalue weighted by Crippen LogP contribution is -2.30. The van der Waals surface area contributed by atoms with Crippen molar-refractivity contribution < 1.29 is 14.2 Å². The average molecular weight is 284 g/mol. The minimum atomic E-state index is 0.492. The molecule has 1 atom stereocenters. The van der Waals surface area contributed by atoms with E-state index in [-0.39, 0.29) is 0 Å². The third-order valence-corrected chi connectivity index (χ3v) is 2.75. The van der Waals surface area contributed by atoms with Gasteiger partial charge in [-0.15, -0.1) is 0 Å². The second-order valence-corrected chi connectivity index (χ2v) is 3.87. The number of rotatable bonds is 11. The first kappa shape index (κ1) is 15.3. The van der Waals surface area contributed by atoms with Crippen molar-refractivity contribution in [3.05, 3.63) is 0 Å². The van der Waals surface area contributed by atoms with Crippen molar-refractivity contribution in [2.75, 3.05) is 52.0 Å². The molecule has 4 nitrogen and oxygen atoms in total. The Balaban J connectivity index is 2.92. The Kier molecular flexibility index (Phi) is 12.7.